The van der Waals surface area contributed by atoms with E-state index in [4.69, 9.17) is 4.74 Å². The number of likely N-dealkylation sites (tertiary alicyclic amines) is 1. The zero-order valence-corrected chi connectivity index (χ0v) is 23.0. The van der Waals surface area contributed by atoms with Gasteiger partial charge in [-0.1, -0.05) is 36.7 Å². The molecule has 32 heavy (non-hydrogen) atoms. The standard InChI is InChI=1S/C21H30Br2N2O6S/c1-19(2,3)17(26)31-12-21(20(4,5)6)10-14(11-25(21)18(27)28)24-32(29,30)16-9-13(22)7-8-15(16)23/h7-9,14,24H,10-12H2,1-6H3,(H,27,28)/t14-,21+/m1/s1. The molecule has 0 spiro atoms. The van der Waals surface area contributed by atoms with Crippen LogP contribution in [-0.2, 0) is 19.6 Å². The molecule has 2 atom stereocenters. The van der Waals surface area contributed by atoms with Gasteiger partial charge in [-0.2, -0.15) is 0 Å². The van der Waals surface area contributed by atoms with E-state index in [-0.39, 0.29) is 24.5 Å². The number of rotatable bonds is 5. The largest absolute Gasteiger partial charge is 0.465 e. The van der Waals surface area contributed by atoms with Crippen molar-refractivity contribution < 1.29 is 27.9 Å². The third-order valence-electron chi connectivity index (χ3n) is 5.69. The maximum atomic E-state index is 13.1. The maximum absolute atomic E-state index is 13.1. The second kappa shape index (κ2) is 9.23. The Morgan fingerprint density at radius 1 is 1.22 bits per heavy atom. The van der Waals surface area contributed by atoms with Gasteiger partial charge in [-0.25, -0.2) is 17.9 Å². The minimum absolute atomic E-state index is 0.0427. The molecule has 2 rings (SSSR count). The first-order valence-corrected chi connectivity index (χ1v) is 13.1. The monoisotopic (exact) mass is 596 g/mol. The molecule has 0 radical (unpaired) electrons. The molecule has 180 valence electrons. The number of hydrogen-bond donors (Lipinski definition) is 2. The lowest BCUT2D eigenvalue weighted by molar-refractivity contribution is -0.159. The number of ether oxygens (including phenoxy) is 1. The summed E-state index contributed by atoms with van der Waals surface area (Å²) < 4.78 is 35.4. The fraction of sp³-hybridized carbons (Fsp3) is 0.619. The average Bonchev–Trinajstić information content (AvgIpc) is 2.99. The van der Waals surface area contributed by atoms with E-state index in [0.29, 0.717) is 8.95 Å². The van der Waals surface area contributed by atoms with Crippen LogP contribution in [0.5, 0.6) is 0 Å². The van der Waals surface area contributed by atoms with Gasteiger partial charge in [0.05, 0.1) is 15.8 Å². The van der Waals surface area contributed by atoms with Crippen LogP contribution >= 0.6 is 31.9 Å². The van der Waals surface area contributed by atoms with Crippen LogP contribution < -0.4 is 4.72 Å². The van der Waals surface area contributed by atoms with Crippen molar-refractivity contribution in [1.29, 1.82) is 0 Å². The number of halogens is 2. The number of carbonyl (C=O) groups is 2. The molecule has 1 amide bonds. The number of nitrogens with one attached hydrogen (secondary N) is 1. The number of carboxylic acid groups (broad SMARTS) is 1. The van der Waals surface area contributed by atoms with Crippen molar-refractivity contribution in [1.82, 2.24) is 9.62 Å². The summed E-state index contributed by atoms with van der Waals surface area (Å²) in [5.41, 5.74) is -2.50. The lowest BCUT2D eigenvalue weighted by Crippen LogP contribution is -2.58. The van der Waals surface area contributed by atoms with E-state index in [9.17, 15) is 23.1 Å². The van der Waals surface area contributed by atoms with Gasteiger partial charge < -0.3 is 9.84 Å². The van der Waals surface area contributed by atoms with Crippen LogP contribution in [0.4, 0.5) is 4.79 Å². The Morgan fingerprint density at radius 2 is 1.81 bits per heavy atom. The van der Waals surface area contributed by atoms with E-state index in [1.807, 2.05) is 20.8 Å². The molecule has 0 unspecified atom stereocenters. The molecular formula is C21H30Br2N2O6S. The van der Waals surface area contributed by atoms with Gasteiger partial charge in [-0.3, -0.25) is 9.69 Å². The molecule has 0 bridgehead atoms. The topological polar surface area (TPSA) is 113 Å². The number of sulfonamides is 1. The van der Waals surface area contributed by atoms with Crippen LogP contribution in [0, 0.1) is 10.8 Å². The van der Waals surface area contributed by atoms with Crippen LogP contribution in [0.3, 0.4) is 0 Å². The van der Waals surface area contributed by atoms with E-state index in [0.717, 1.165) is 0 Å². The molecule has 2 N–H and O–H groups in total. The minimum Gasteiger partial charge on any atom is -0.465 e. The summed E-state index contributed by atoms with van der Waals surface area (Å²) in [6.45, 7) is 10.5. The normalized spacial score (nSPS) is 22.1. The summed E-state index contributed by atoms with van der Waals surface area (Å²) in [4.78, 5) is 25.8. The highest BCUT2D eigenvalue weighted by Crippen LogP contribution is 2.45. The van der Waals surface area contributed by atoms with Crippen molar-refractivity contribution in [2.45, 2.75) is 64.4 Å². The first-order chi connectivity index (χ1) is 14.4. The van der Waals surface area contributed by atoms with Crippen molar-refractivity contribution in [3.8, 4) is 0 Å². The summed E-state index contributed by atoms with van der Waals surface area (Å²) in [6.07, 6.45) is -1.04. The SMILES string of the molecule is CC(C)(C)C(=O)OC[C@]1(C(C)(C)C)C[C@@H](NS(=O)(=O)c2cc(Br)ccc2Br)CN1C(=O)O. The van der Waals surface area contributed by atoms with Gasteiger partial charge in [0.2, 0.25) is 10.0 Å². The average molecular weight is 598 g/mol. The van der Waals surface area contributed by atoms with Crippen LogP contribution in [0.15, 0.2) is 32.0 Å². The Kier molecular flexibility index (Phi) is 7.81. The number of hydrogen-bond acceptors (Lipinski definition) is 5. The molecule has 1 saturated heterocycles. The fourth-order valence-corrected chi connectivity index (χ4v) is 6.48. The molecule has 1 aromatic carbocycles. The molecule has 1 aliphatic heterocycles. The second-order valence-electron chi connectivity index (χ2n) is 10.1. The van der Waals surface area contributed by atoms with Gasteiger partial charge in [0.1, 0.15) is 6.61 Å². The van der Waals surface area contributed by atoms with E-state index in [2.05, 4.69) is 36.6 Å². The minimum atomic E-state index is -3.95. The molecule has 11 heteroatoms. The van der Waals surface area contributed by atoms with Crippen molar-refractivity contribution >= 4 is 53.9 Å². The molecular weight excluding hydrogens is 568 g/mol. The van der Waals surface area contributed by atoms with Gasteiger partial charge >= 0.3 is 12.1 Å². The number of amides is 1. The van der Waals surface area contributed by atoms with E-state index >= 15 is 0 Å². The van der Waals surface area contributed by atoms with E-state index < -0.39 is 44.5 Å². The van der Waals surface area contributed by atoms with Gasteiger partial charge in [0.15, 0.2) is 0 Å². The summed E-state index contributed by atoms with van der Waals surface area (Å²) in [5, 5.41) is 9.95. The summed E-state index contributed by atoms with van der Waals surface area (Å²) >= 11 is 6.54. The third-order valence-corrected chi connectivity index (χ3v) is 8.70. The van der Waals surface area contributed by atoms with Crippen molar-refractivity contribution in [3.63, 3.8) is 0 Å². The quantitative estimate of drug-likeness (QED) is 0.479. The predicted molar refractivity (Wildman–Crippen MR) is 128 cm³/mol. The summed E-state index contributed by atoms with van der Waals surface area (Å²) in [5.74, 6) is -0.450. The maximum Gasteiger partial charge on any atom is 0.407 e. The van der Waals surface area contributed by atoms with Gasteiger partial charge in [-0.15, -0.1) is 0 Å². The number of esters is 1. The number of nitrogens with zero attached hydrogens (tertiary/aromatic N) is 1. The Hall–Kier alpha value is -1.17. The highest BCUT2D eigenvalue weighted by Gasteiger charge is 2.56. The Bertz CT molecular complexity index is 1000. The smallest absolute Gasteiger partial charge is 0.407 e. The zero-order chi connectivity index (χ0) is 24.7. The van der Waals surface area contributed by atoms with Crippen molar-refractivity contribution in [2.24, 2.45) is 10.8 Å². The molecule has 1 aromatic rings. The molecule has 0 aromatic heterocycles. The van der Waals surface area contributed by atoms with Crippen molar-refractivity contribution in [2.75, 3.05) is 13.2 Å². The molecule has 8 nitrogen and oxygen atoms in total. The highest BCUT2D eigenvalue weighted by molar-refractivity contribution is 9.11. The van der Waals surface area contributed by atoms with Crippen LogP contribution in [-0.4, -0.2) is 55.2 Å². The summed E-state index contributed by atoms with van der Waals surface area (Å²) in [7, 11) is -3.95. The van der Waals surface area contributed by atoms with Gasteiger partial charge in [0.25, 0.3) is 0 Å². The van der Waals surface area contributed by atoms with E-state index in [1.165, 1.54) is 11.0 Å². The number of benzene rings is 1. The first-order valence-electron chi connectivity index (χ1n) is 10.1. The van der Waals surface area contributed by atoms with Crippen LogP contribution in [0.2, 0.25) is 0 Å². The Morgan fingerprint density at radius 3 is 2.31 bits per heavy atom. The van der Waals surface area contributed by atoms with E-state index in [1.54, 1.807) is 32.9 Å². The van der Waals surface area contributed by atoms with Crippen LogP contribution in [0.1, 0.15) is 48.0 Å². The molecule has 0 aliphatic carbocycles. The fourth-order valence-electron chi connectivity index (χ4n) is 3.75. The van der Waals surface area contributed by atoms with Crippen LogP contribution in [0.25, 0.3) is 0 Å². The third kappa shape index (κ3) is 5.66. The first kappa shape index (κ1) is 27.1. The van der Waals surface area contributed by atoms with Gasteiger partial charge in [-0.05, 0) is 66.7 Å². The predicted octanol–water partition coefficient (Wildman–Crippen LogP) is 4.62. The Balaban J connectivity index is 2.39. The summed E-state index contributed by atoms with van der Waals surface area (Å²) in [6, 6.07) is 4.09. The zero-order valence-electron chi connectivity index (χ0n) is 19.0. The molecule has 0 saturated carbocycles. The molecule has 1 fully saturated rings. The Labute approximate surface area is 206 Å². The van der Waals surface area contributed by atoms with Crippen molar-refractivity contribution in [3.05, 3.63) is 27.1 Å². The second-order valence-corrected chi connectivity index (χ2v) is 13.6. The highest BCUT2D eigenvalue weighted by atomic mass is 79.9. The lowest BCUT2D eigenvalue weighted by Gasteiger charge is -2.46. The lowest BCUT2D eigenvalue weighted by atomic mass is 9.72. The molecule has 1 aliphatic rings. The molecule has 1 heterocycles. The number of carbonyl (C=O) groups excluding carboxylic acids is 1. The van der Waals surface area contributed by atoms with Gasteiger partial charge in [0, 0.05) is 21.5 Å².